The third kappa shape index (κ3) is 5.66. The lowest BCUT2D eigenvalue weighted by atomic mass is 10.0. The Morgan fingerprint density at radius 1 is 1.11 bits per heavy atom. The summed E-state index contributed by atoms with van der Waals surface area (Å²) in [6.45, 7) is 11.2. The minimum absolute atomic E-state index is 0.0799. The summed E-state index contributed by atoms with van der Waals surface area (Å²) in [4.78, 5) is 19.4. The predicted molar refractivity (Wildman–Crippen MR) is 107 cm³/mol. The number of hydrogen-bond acceptors (Lipinski definition) is 4. The van der Waals surface area contributed by atoms with E-state index in [9.17, 15) is 9.18 Å². The zero-order chi connectivity index (χ0) is 20.1. The first kappa shape index (κ1) is 20.6. The first-order chi connectivity index (χ1) is 13.3. The number of nitrogens with zero attached hydrogens (tertiary/aromatic N) is 3. The zero-order valence-corrected chi connectivity index (χ0v) is 17.0. The molecule has 28 heavy (non-hydrogen) atoms. The monoisotopic (exact) mass is 387 g/mol. The fourth-order valence-electron chi connectivity index (χ4n) is 3.52. The molecule has 2 heterocycles. The summed E-state index contributed by atoms with van der Waals surface area (Å²) in [5.41, 5.74) is 0.483. The Morgan fingerprint density at radius 2 is 1.82 bits per heavy atom. The van der Waals surface area contributed by atoms with Crippen molar-refractivity contribution in [3.63, 3.8) is 0 Å². The van der Waals surface area contributed by atoms with Crippen LogP contribution < -0.4 is 0 Å². The van der Waals surface area contributed by atoms with Crippen LogP contribution in [0, 0.1) is 5.82 Å². The van der Waals surface area contributed by atoms with Crippen molar-refractivity contribution in [2.24, 2.45) is 0 Å². The standard InChI is InChI=1S/C22H30FN3O2/c1-22(2,3)26(15-18-6-4-7-19(23)14-18)21(27)17-25-11-9-24(10-12-25)16-20-8-5-13-28-20/h4-8,13-14H,9-12,15-17H2,1-3H3. The van der Waals surface area contributed by atoms with Crippen LogP contribution in [0.15, 0.2) is 47.1 Å². The first-order valence-electron chi connectivity index (χ1n) is 9.83. The van der Waals surface area contributed by atoms with Gasteiger partial charge in [0.05, 0.1) is 19.4 Å². The molecular weight excluding hydrogens is 357 g/mol. The minimum atomic E-state index is -0.329. The number of benzene rings is 1. The molecule has 0 radical (unpaired) electrons. The van der Waals surface area contributed by atoms with Gasteiger partial charge in [0.2, 0.25) is 5.91 Å². The lowest BCUT2D eigenvalue weighted by molar-refractivity contribution is -0.138. The van der Waals surface area contributed by atoms with Gasteiger partial charge in [0.15, 0.2) is 0 Å². The van der Waals surface area contributed by atoms with Gasteiger partial charge >= 0.3 is 0 Å². The third-order valence-corrected chi connectivity index (χ3v) is 5.12. The Morgan fingerprint density at radius 3 is 2.43 bits per heavy atom. The van der Waals surface area contributed by atoms with E-state index >= 15 is 0 Å². The third-order valence-electron chi connectivity index (χ3n) is 5.12. The van der Waals surface area contributed by atoms with Gasteiger partial charge < -0.3 is 9.32 Å². The Bertz CT molecular complexity index is 762. The highest BCUT2D eigenvalue weighted by Crippen LogP contribution is 2.19. The highest BCUT2D eigenvalue weighted by Gasteiger charge is 2.29. The van der Waals surface area contributed by atoms with E-state index in [-0.39, 0.29) is 17.3 Å². The maximum Gasteiger partial charge on any atom is 0.237 e. The van der Waals surface area contributed by atoms with Crippen LogP contribution in [0.5, 0.6) is 0 Å². The fraction of sp³-hybridized carbons (Fsp3) is 0.500. The lowest BCUT2D eigenvalue weighted by Gasteiger charge is -2.39. The molecule has 1 aliphatic rings. The predicted octanol–water partition coefficient (Wildman–Crippen LogP) is 3.36. The molecule has 0 saturated carbocycles. The van der Waals surface area contributed by atoms with Gasteiger partial charge in [-0.15, -0.1) is 0 Å². The number of hydrogen-bond donors (Lipinski definition) is 0. The summed E-state index contributed by atoms with van der Waals surface area (Å²) in [6.07, 6.45) is 1.70. The molecule has 0 unspecified atom stereocenters. The number of rotatable bonds is 6. The molecule has 152 valence electrons. The van der Waals surface area contributed by atoms with Gasteiger partial charge in [-0.05, 0) is 50.6 Å². The second-order valence-corrected chi connectivity index (χ2v) is 8.41. The summed E-state index contributed by atoms with van der Waals surface area (Å²) >= 11 is 0. The van der Waals surface area contributed by atoms with Gasteiger partial charge in [0.25, 0.3) is 0 Å². The van der Waals surface area contributed by atoms with Crippen molar-refractivity contribution in [2.45, 2.75) is 39.4 Å². The van der Waals surface area contributed by atoms with Gasteiger partial charge in [0, 0.05) is 38.3 Å². The second kappa shape index (κ2) is 8.88. The van der Waals surface area contributed by atoms with Crippen LogP contribution in [0.4, 0.5) is 4.39 Å². The zero-order valence-electron chi connectivity index (χ0n) is 17.0. The molecule has 0 atom stereocenters. The van der Waals surface area contributed by atoms with Crippen molar-refractivity contribution in [3.8, 4) is 0 Å². The molecule has 1 aromatic carbocycles. The van der Waals surface area contributed by atoms with Crippen molar-refractivity contribution >= 4 is 5.91 Å². The van der Waals surface area contributed by atoms with Gasteiger partial charge in [-0.25, -0.2) is 4.39 Å². The van der Waals surface area contributed by atoms with Crippen LogP contribution in [0.3, 0.4) is 0 Å². The Labute approximate surface area is 166 Å². The Balaban J connectivity index is 1.55. The van der Waals surface area contributed by atoms with Gasteiger partial charge in [-0.2, -0.15) is 0 Å². The highest BCUT2D eigenvalue weighted by atomic mass is 19.1. The van der Waals surface area contributed by atoms with Crippen LogP contribution in [0.2, 0.25) is 0 Å². The first-order valence-corrected chi connectivity index (χ1v) is 9.83. The van der Waals surface area contributed by atoms with Gasteiger partial charge in [-0.1, -0.05) is 12.1 Å². The molecular formula is C22H30FN3O2. The maximum atomic E-state index is 13.5. The molecule has 2 aromatic rings. The van der Waals surface area contributed by atoms with Crippen molar-refractivity contribution < 1.29 is 13.6 Å². The van der Waals surface area contributed by atoms with Gasteiger partial charge in [-0.3, -0.25) is 14.6 Å². The highest BCUT2D eigenvalue weighted by molar-refractivity contribution is 5.79. The molecule has 1 amide bonds. The Hall–Kier alpha value is -2.18. The van der Waals surface area contributed by atoms with Crippen molar-refractivity contribution in [3.05, 3.63) is 59.8 Å². The summed E-state index contributed by atoms with van der Waals surface area (Å²) in [5.74, 6) is 0.779. The van der Waals surface area contributed by atoms with E-state index in [4.69, 9.17) is 4.42 Å². The van der Waals surface area contributed by atoms with E-state index in [0.717, 1.165) is 44.0 Å². The molecule has 0 bridgehead atoms. The second-order valence-electron chi connectivity index (χ2n) is 8.41. The molecule has 3 rings (SSSR count). The smallest absolute Gasteiger partial charge is 0.237 e. The molecule has 1 aliphatic heterocycles. The van der Waals surface area contributed by atoms with Crippen LogP contribution in [-0.4, -0.2) is 58.9 Å². The van der Waals surface area contributed by atoms with E-state index in [1.807, 2.05) is 43.9 Å². The molecule has 1 fully saturated rings. The molecule has 0 N–H and O–H groups in total. The average molecular weight is 387 g/mol. The molecule has 5 nitrogen and oxygen atoms in total. The van der Waals surface area contributed by atoms with Crippen molar-refractivity contribution in [1.29, 1.82) is 0 Å². The molecule has 1 aromatic heterocycles. The summed E-state index contributed by atoms with van der Waals surface area (Å²) in [6, 6.07) is 10.4. The molecule has 6 heteroatoms. The van der Waals surface area contributed by atoms with Crippen molar-refractivity contribution in [1.82, 2.24) is 14.7 Å². The maximum absolute atomic E-state index is 13.5. The van der Waals surface area contributed by atoms with Gasteiger partial charge in [0.1, 0.15) is 11.6 Å². The van der Waals surface area contributed by atoms with E-state index < -0.39 is 0 Å². The molecule has 1 saturated heterocycles. The number of amides is 1. The normalized spacial score (nSPS) is 16.3. The quantitative estimate of drug-likeness (QED) is 0.762. The number of furan rings is 1. The Kier molecular flexibility index (Phi) is 6.52. The number of piperazine rings is 1. The molecule has 0 spiro atoms. The van der Waals surface area contributed by atoms with Crippen LogP contribution >= 0.6 is 0 Å². The van der Waals surface area contributed by atoms with Crippen LogP contribution in [-0.2, 0) is 17.9 Å². The average Bonchev–Trinajstić information content (AvgIpc) is 3.13. The lowest BCUT2D eigenvalue weighted by Crippen LogP contribution is -2.53. The fourth-order valence-corrected chi connectivity index (χ4v) is 3.52. The van der Waals surface area contributed by atoms with E-state index in [1.165, 1.54) is 12.1 Å². The van der Waals surface area contributed by atoms with E-state index in [2.05, 4.69) is 9.80 Å². The van der Waals surface area contributed by atoms with Crippen molar-refractivity contribution in [2.75, 3.05) is 32.7 Å². The number of carbonyl (C=O) groups excluding carboxylic acids is 1. The van der Waals surface area contributed by atoms with Crippen LogP contribution in [0.1, 0.15) is 32.1 Å². The SMILES string of the molecule is CC(C)(C)N(Cc1cccc(F)c1)C(=O)CN1CCN(Cc2ccco2)CC1. The van der Waals surface area contributed by atoms with Crippen LogP contribution in [0.25, 0.3) is 0 Å². The summed E-state index contributed by atoms with van der Waals surface area (Å²) in [7, 11) is 0. The number of carbonyl (C=O) groups is 1. The summed E-state index contributed by atoms with van der Waals surface area (Å²) < 4.78 is 19.0. The summed E-state index contributed by atoms with van der Waals surface area (Å²) in [5, 5.41) is 0. The minimum Gasteiger partial charge on any atom is -0.468 e. The topological polar surface area (TPSA) is 39.9 Å². The van der Waals surface area contributed by atoms with E-state index in [1.54, 1.807) is 12.3 Å². The number of halogens is 1. The largest absolute Gasteiger partial charge is 0.468 e. The van der Waals surface area contributed by atoms with E-state index in [0.29, 0.717) is 13.1 Å². The molecule has 0 aliphatic carbocycles.